The Labute approximate surface area is 115 Å². The number of nitrogens with two attached hydrogens (primary N) is 1. The molecule has 2 aromatic rings. The maximum Gasteiger partial charge on any atom is 0.269 e. The molecule has 0 saturated carbocycles. The van der Waals surface area contributed by atoms with Gasteiger partial charge in [0, 0.05) is 17.9 Å². The molecule has 2 N–H and O–H groups in total. The molecule has 1 aromatic heterocycles. The Morgan fingerprint density at radius 1 is 1.33 bits per heavy atom. The van der Waals surface area contributed by atoms with E-state index in [4.69, 9.17) is 17.3 Å². The SMILES string of the molecule is CCN(C(=O)c1sccc1Cl)c1ccc(N)cc1. The van der Waals surface area contributed by atoms with E-state index in [9.17, 15) is 4.79 Å². The summed E-state index contributed by atoms with van der Waals surface area (Å²) in [6.45, 7) is 2.51. The third-order valence-electron chi connectivity index (χ3n) is 2.58. The molecule has 2 rings (SSSR count). The Morgan fingerprint density at radius 2 is 2.00 bits per heavy atom. The van der Waals surface area contributed by atoms with Crippen LogP contribution in [0.3, 0.4) is 0 Å². The van der Waals surface area contributed by atoms with Crippen LogP contribution in [-0.2, 0) is 0 Å². The number of rotatable bonds is 3. The van der Waals surface area contributed by atoms with Crippen molar-refractivity contribution in [1.29, 1.82) is 0 Å². The zero-order chi connectivity index (χ0) is 13.1. The van der Waals surface area contributed by atoms with Crippen LogP contribution >= 0.6 is 22.9 Å². The van der Waals surface area contributed by atoms with Crippen molar-refractivity contribution in [2.75, 3.05) is 17.2 Å². The first-order valence-corrected chi connectivity index (χ1v) is 6.79. The van der Waals surface area contributed by atoms with Crippen molar-refractivity contribution in [3.8, 4) is 0 Å². The number of thiophene rings is 1. The summed E-state index contributed by atoms with van der Waals surface area (Å²) in [5.41, 5.74) is 7.14. The monoisotopic (exact) mass is 280 g/mol. The maximum absolute atomic E-state index is 12.4. The second kappa shape index (κ2) is 5.42. The molecule has 5 heteroatoms. The normalized spacial score (nSPS) is 10.3. The second-order valence-electron chi connectivity index (χ2n) is 3.74. The molecule has 0 saturated heterocycles. The topological polar surface area (TPSA) is 46.3 Å². The minimum atomic E-state index is -0.0812. The van der Waals surface area contributed by atoms with E-state index in [1.807, 2.05) is 24.4 Å². The summed E-state index contributed by atoms with van der Waals surface area (Å²) in [7, 11) is 0. The van der Waals surface area contributed by atoms with Gasteiger partial charge in [-0.15, -0.1) is 11.3 Å². The van der Waals surface area contributed by atoms with E-state index < -0.39 is 0 Å². The van der Waals surface area contributed by atoms with Crippen LogP contribution in [0.1, 0.15) is 16.6 Å². The average Bonchev–Trinajstić information content (AvgIpc) is 2.78. The summed E-state index contributed by atoms with van der Waals surface area (Å²) in [4.78, 5) is 14.6. The molecule has 0 aliphatic rings. The Kier molecular flexibility index (Phi) is 3.89. The van der Waals surface area contributed by atoms with Crippen LogP contribution < -0.4 is 10.6 Å². The number of hydrogen-bond donors (Lipinski definition) is 1. The lowest BCUT2D eigenvalue weighted by Crippen LogP contribution is -2.30. The molecule has 0 spiro atoms. The quantitative estimate of drug-likeness (QED) is 0.873. The minimum Gasteiger partial charge on any atom is -0.399 e. The number of carbonyl (C=O) groups is 1. The summed E-state index contributed by atoms with van der Waals surface area (Å²) in [6, 6.07) is 8.95. The summed E-state index contributed by atoms with van der Waals surface area (Å²) in [6.07, 6.45) is 0. The maximum atomic E-state index is 12.4. The van der Waals surface area contributed by atoms with Gasteiger partial charge in [0.25, 0.3) is 5.91 Å². The molecule has 1 aromatic carbocycles. The summed E-state index contributed by atoms with van der Waals surface area (Å²) >= 11 is 7.34. The predicted octanol–water partition coefficient (Wildman–Crippen LogP) is 3.65. The first-order chi connectivity index (χ1) is 8.63. The lowest BCUT2D eigenvalue weighted by molar-refractivity contribution is 0.0992. The van der Waals surface area contributed by atoms with Crippen molar-refractivity contribution in [3.05, 3.63) is 45.6 Å². The number of amides is 1. The fourth-order valence-corrected chi connectivity index (χ4v) is 2.75. The highest BCUT2D eigenvalue weighted by Crippen LogP contribution is 2.26. The van der Waals surface area contributed by atoms with Gasteiger partial charge in [0.2, 0.25) is 0 Å². The number of anilines is 2. The third-order valence-corrected chi connectivity index (χ3v) is 3.91. The Balaban J connectivity index is 2.32. The molecule has 1 heterocycles. The molecular formula is C13H13ClN2OS. The van der Waals surface area contributed by atoms with Gasteiger partial charge >= 0.3 is 0 Å². The Morgan fingerprint density at radius 3 is 2.50 bits per heavy atom. The van der Waals surface area contributed by atoms with Crippen molar-refractivity contribution in [3.63, 3.8) is 0 Å². The number of nitrogen functional groups attached to an aromatic ring is 1. The molecule has 0 bridgehead atoms. The van der Waals surface area contributed by atoms with Crippen LogP contribution in [0.15, 0.2) is 35.7 Å². The third kappa shape index (κ3) is 2.49. The van der Waals surface area contributed by atoms with Crippen LogP contribution in [0.25, 0.3) is 0 Å². The highest BCUT2D eigenvalue weighted by molar-refractivity contribution is 7.12. The highest BCUT2D eigenvalue weighted by atomic mass is 35.5. The molecule has 0 aliphatic carbocycles. The zero-order valence-electron chi connectivity index (χ0n) is 9.89. The smallest absolute Gasteiger partial charge is 0.269 e. The van der Waals surface area contributed by atoms with Crippen LogP contribution in [0.5, 0.6) is 0 Å². The molecule has 0 fully saturated rings. The molecule has 18 heavy (non-hydrogen) atoms. The Bertz CT molecular complexity index is 550. The van der Waals surface area contributed by atoms with Gasteiger partial charge in [-0.25, -0.2) is 0 Å². The molecule has 1 amide bonds. The van der Waals surface area contributed by atoms with E-state index in [-0.39, 0.29) is 5.91 Å². The number of hydrogen-bond acceptors (Lipinski definition) is 3. The number of carbonyl (C=O) groups excluding carboxylic acids is 1. The lowest BCUT2D eigenvalue weighted by Gasteiger charge is -2.20. The van der Waals surface area contributed by atoms with Crippen molar-refractivity contribution in [2.45, 2.75) is 6.92 Å². The van der Waals surface area contributed by atoms with Gasteiger partial charge in [0.05, 0.1) is 5.02 Å². The van der Waals surface area contributed by atoms with Crippen molar-refractivity contribution >= 4 is 40.2 Å². The Hall–Kier alpha value is -1.52. The van der Waals surface area contributed by atoms with Gasteiger partial charge in [-0.1, -0.05) is 11.6 Å². The van der Waals surface area contributed by atoms with Crippen molar-refractivity contribution < 1.29 is 4.79 Å². The standard InChI is InChI=1S/C13H13ClN2OS/c1-2-16(10-5-3-9(15)4-6-10)13(17)12-11(14)7-8-18-12/h3-8H,2,15H2,1H3. The van der Waals surface area contributed by atoms with E-state index in [1.54, 1.807) is 23.1 Å². The van der Waals surface area contributed by atoms with E-state index in [0.29, 0.717) is 22.1 Å². The molecule has 94 valence electrons. The highest BCUT2D eigenvalue weighted by Gasteiger charge is 2.19. The average molecular weight is 281 g/mol. The second-order valence-corrected chi connectivity index (χ2v) is 5.06. The molecular weight excluding hydrogens is 268 g/mol. The summed E-state index contributed by atoms with van der Waals surface area (Å²) in [5.74, 6) is -0.0812. The first-order valence-electron chi connectivity index (χ1n) is 5.54. The van der Waals surface area contributed by atoms with Crippen LogP contribution in [0.4, 0.5) is 11.4 Å². The van der Waals surface area contributed by atoms with Crippen LogP contribution in [0.2, 0.25) is 5.02 Å². The zero-order valence-corrected chi connectivity index (χ0v) is 11.5. The molecule has 0 aliphatic heterocycles. The molecule has 0 atom stereocenters. The fourth-order valence-electron chi connectivity index (χ4n) is 1.67. The van der Waals surface area contributed by atoms with E-state index in [0.717, 1.165) is 5.69 Å². The van der Waals surface area contributed by atoms with Gasteiger partial charge in [0.1, 0.15) is 4.88 Å². The number of benzene rings is 1. The lowest BCUT2D eigenvalue weighted by atomic mass is 10.2. The number of nitrogens with zero attached hydrogens (tertiary/aromatic N) is 1. The summed E-state index contributed by atoms with van der Waals surface area (Å²) < 4.78 is 0. The van der Waals surface area contributed by atoms with Crippen LogP contribution in [0, 0.1) is 0 Å². The van der Waals surface area contributed by atoms with E-state index >= 15 is 0 Å². The van der Waals surface area contributed by atoms with Gasteiger partial charge in [-0.2, -0.15) is 0 Å². The molecule has 3 nitrogen and oxygen atoms in total. The van der Waals surface area contributed by atoms with Gasteiger partial charge in [-0.3, -0.25) is 4.79 Å². The fraction of sp³-hybridized carbons (Fsp3) is 0.154. The molecule has 0 unspecified atom stereocenters. The minimum absolute atomic E-state index is 0.0812. The predicted molar refractivity (Wildman–Crippen MR) is 77.5 cm³/mol. The van der Waals surface area contributed by atoms with Gasteiger partial charge < -0.3 is 10.6 Å². The van der Waals surface area contributed by atoms with Gasteiger partial charge in [0.15, 0.2) is 0 Å². The van der Waals surface area contributed by atoms with E-state index in [1.165, 1.54) is 11.3 Å². The van der Waals surface area contributed by atoms with Gasteiger partial charge in [-0.05, 0) is 42.6 Å². The largest absolute Gasteiger partial charge is 0.399 e. The van der Waals surface area contributed by atoms with Crippen LogP contribution in [-0.4, -0.2) is 12.5 Å². The number of halogens is 1. The van der Waals surface area contributed by atoms with Crippen molar-refractivity contribution in [2.24, 2.45) is 0 Å². The van der Waals surface area contributed by atoms with E-state index in [2.05, 4.69) is 0 Å². The first kappa shape index (κ1) is 12.9. The molecule has 0 radical (unpaired) electrons. The summed E-state index contributed by atoms with van der Waals surface area (Å²) in [5, 5.41) is 2.31. The van der Waals surface area contributed by atoms with Crippen molar-refractivity contribution in [1.82, 2.24) is 0 Å².